The SMILES string of the molecule is COc1ccc(F)c(F)c1/C(N)=N/O. The number of nitrogens with two attached hydrogens (primary N) is 1. The van der Waals surface area contributed by atoms with Gasteiger partial charge in [0.05, 0.1) is 7.11 Å². The van der Waals surface area contributed by atoms with E-state index in [0.717, 1.165) is 6.07 Å². The molecule has 0 aliphatic rings. The van der Waals surface area contributed by atoms with Gasteiger partial charge in [0, 0.05) is 0 Å². The number of rotatable bonds is 2. The summed E-state index contributed by atoms with van der Waals surface area (Å²) in [5.41, 5.74) is 4.76. The van der Waals surface area contributed by atoms with E-state index in [0.29, 0.717) is 0 Å². The zero-order chi connectivity index (χ0) is 10.7. The minimum Gasteiger partial charge on any atom is -0.496 e. The molecule has 4 nitrogen and oxygen atoms in total. The lowest BCUT2D eigenvalue weighted by Crippen LogP contribution is -2.17. The molecule has 6 heteroatoms. The van der Waals surface area contributed by atoms with Gasteiger partial charge in [-0.1, -0.05) is 5.16 Å². The zero-order valence-corrected chi connectivity index (χ0v) is 7.29. The van der Waals surface area contributed by atoms with E-state index in [1.165, 1.54) is 13.2 Å². The van der Waals surface area contributed by atoms with Crippen molar-refractivity contribution in [1.29, 1.82) is 0 Å². The van der Waals surface area contributed by atoms with Gasteiger partial charge in [0.25, 0.3) is 0 Å². The van der Waals surface area contributed by atoms with E-state index in [4.69, 9.17) is 15.7 Å². The molecule has 0 heterocycles. The molecule has 0 saturated heterocycles. The molecular formula is C8H8F2N2O2. The number of oxime groups is 1. The molecule has 0 amide bonds. The minimum absolute atomic E-state index is 0.000741. The molecule has 14 heavy (non-hydrogen) atoms. The second kappa shape index (κ2) is 3.91. The van der Waals surface area contributed by atoms with Crippen molar-refractivity contribution in [1.82, 2.24) is 0 Å². The molecule has 0 spiro atoms. The number of methoxy groups -OCH3 is 1. The van der Waals surface area contributed by atoms with Crippen molar-refractivity contribution in [2.45, 2.75) is 0 Å². The average Bonchev–Trinajstić information content (AvgIpc) is 2.20. The van der Waals surface area contributed by atoms with Crippen molar-refractivity contribution in [2.75, 3.05) is 7.11 Å². The van der Waals surface area contributed by atoms with Crippen LogP contribution in [-0.2, 0) is 0 Å². The third kappa shape index (κ3) is 1.59. The van der Waals surface area contributed by atoms with Crippen molar-refractivity contribution in [3.8, 4) is 5.75 Å². The predicted molar refractivity (Wildman–Crippen MR) is 45.4 cm³/mol. The molecule has 76 valence electrons. The molecule has 1 aromatic carbocycles. The number of halogens is 2. The number of nitrogens with zero attached hydrogens (tertiary/aromatic N) is 1. The summed E-state index contributed by atoms with van der Waals surface area (Å²) in [6.07, 6.45) is 0. The first-order valence-corrected chi connectivity index (χ1v) is 3.61. The van der Waals surface area contributed by atoms with Crippen molar-refractivity contribution in [3.63, 3.8) is 0 Å². The lowest BCUT2D eigenvalue weighted by atomic mass is 10.1. The quantitative estimate of drug-likeness (QED) is 0.326. The monoisotopic (exact) mass is 202 g/mol. The molecule has 0 bridgehead atoms. The third-order valence-electron chi connectivity index (χ3n) is 1.64. The highest BCUT2D eigenvalue weighted by Gasteiger charge is 2.17. The van der Waals surface area contributed by atoms with Crippen molar-refractivity contribution in [3.05, 3.63) is 29.3 Å². The Kier molecular flexibility index (Phi) is 2.85. The van der Waals surface area contributed by atoms with Crippen LogP contribution < -0.4 is 10.5 Å². The molecule has 0 radical (unpaired) electrons. The van der Waals surface area contributed by atoms with E-state index in [1.54, 1.807) is 0 Å². The maximum absolute atomic E-state index is 13.2. The van der Waals surface area contributed by atoms with Crippen LogP contribution in [0.5, 0.6) is 5.75 Å². The van der Waals surface area contributed by atoms with Crippen LogP contribution in [-0.4, -0.2) is 18.2 Å². The highest BCUT2D eigenvalue weighted by Crippen LogP contribution is 2.22. The van der Waals surface area contributed by atoms with Gasteiger partial charge in [0.1, 0.15) is 11.3 Å². The van der Waals surface area contributed by atoms with Crippen LogP contribution in [0.4, 0.5) is 8.78 Å². The molecule has 0 atom stereocenters. The lowest BCUT2D eigenvalue weighted by molar-refractivity contribution is 0.317. The minimum atomic E-state index is -1.21. The number of amidine groups is 1. The Morgan fingerprint density at radius 1 is 1.50 bits per heavy atom. The molecule has 0 saturated carbocycles. The summed E-state index contributed by atoms with van der Waals surface area (Å²) < 4.78 is 30.7. The van der Waals surface area contributed by atoms with Crippen LogP contribution >= 0.6 is 0 Å². The fraction of sp³-hybridized carbons (Fsp3) is 0.125. The standard InChI is InChI=1S/C8H8F2N2O2/c1-14-5-3-2-4(9)7(10)6(5)8(11)12-13/h2-3,13H,1H3,(H2,11,12). The summed E-state index contributed by atoms with van der Waals surface area (Å²) in [6.45, 7) is 0. The Bertz CT molecular complexity index is 380. The van der Waals surface area contributed by atoms with Crippen LogP contribution in [0.1, 0.15) is 5.56 Å². The normalized spacial score (nSPS) is 11.5. The molecule has 1 rings (SSSR count). The van der Waals surface area contributed by atoms with Gasteiger partial charge in [-0.2, -0.15) is 0 Å². The Balaban J connectivity index is 3.43. The largest absolute Gasteiger partial charge is 0.496 e. The second-order valence-electron chi connectivity index (χ2n) is 2.42. The Morgan fingerprint density at radius 2 is 2.14 bits per heavy atom. The van der Waals surface area contributed by atoms with Gasteiger partial charge in [-0.3, -0.25) is 0 Å². The first-order valence-electron chi connectivity index (χ1n) is 3.61. The molecule has 3 N–H and O–H groups in total. The average molecular weight is 202 g/mol. The Hall–Kier alpha value is -1.85. The number of hydrogen-bond donors (Lipinski definition) is 2. The lowest BCUT2D eigenvalue weighted by Gasteiger charge is -2.07. The molecule has 0 fully saturated rings. The number of benzene rings is 1. The Morgan fingerprint density at radius 3 is 2.64 bits per heavy atom. The maximum Gasteiger partial charge on any atom is 0.176 e. The fourth-order valence-corrected chi connectivity index (χ4v) is 0.992. The highest BCUT2D eigenvalue weighted by atomic mass is 19.2. The predicted octanol–water partition coefficient (Wildman–Crippen LogP) is 1.07. The van der Waals surface area contributed by atoms with Gasteiger partial charge < -0.3 is 15.7 Å². The van der Waals surface area contributed by atoms with Crippen LogP contribution in [0.15, 0.2) is 17.3 Å². The summed E-state index contributed by atoms with van der Waals surface area (Å²) in [7, 11) is 1.26. The Labute approximate surface area is 78.6 Å². The number of hydrogen-bond acceptors (Lipinski definition) is 3. The van der Waals surface area contributed by atoms with Crippen molar-refractivity contribution in [2.24, 2.45) is 10.9 Å². The molecule has 1 aromatic rings. The molecule has 0 unspecified atom stereocenters. The van der Waals surface area contributed by atoms with E-state index < -0.39 is 23.0 Å². The first kappa shape index (κ1) is 10.2. The number of ether oxygens (including phenoxy) is 1. The second-order valence-corrected chi connectivity index (χ2v) is 2.42. The third-order valence-corrected chi connectivity index (χ3v) is 1.64. The highest BCUT2D eigenvalue weighted by molar-refractivity contribution is 5.99. The zero-order valence-electron chi connectivity index (χ0n) is 7.29. The summed E-state index contributed by atoms with van der Waals surface area (Å²) >= 11 is 0. The summed E-state index contributed by atoms with van der Waals surface area (Å²) in [4.78, 5) is 0. The molecule has 0 aliphatic carbocycles. The van der Waals surface area contributed by atoms with E-state index in [9.17, 15) is 8.78 Å². The molecular weight excluding hydrogens is 194 g/mol. The van der Waals surface area contributed by atoms with Crippen LogP contribution in [0.3, 0.4) is 0 Å². The topological polar surface area (TPSA) is 67.8 Å². The van der Waals surface area contributed by atoms with E-state index in [1.807, 2.05) is 0 Å². The van der Waals surface area contributed by atoms with Gasteiger partial charge in [-0.15, -0.1) is 0 Å². The van der Waals surface area contributed by atoms with E-state index in [-0.39, 0.29) is 5.75 Å². The summed E-state index contributed by atoms with van der Waals surface area (Å²) in [6, 6.07) is 2.08. The van der Waals surface area contributed by atoms with Crippen LogP contribution in [0.25, 0.3) is 0 Å². The van der Waals surface area contributed by atoms with Crippen LogP contribution in [0.2, 0.25) is 0 Å². The van der Waals surface area contributed by atoms with E-state index >= 15 is 0 Å². The van der Waals surface area contributed by atoms with Gasteiger partial charge in [-0.05, 0) is 12.1 Å². The van der Waals surface area contributed by atoms with Gasteiger partial charge >= 0.3 is 0 Å². The van der Waals surface area contributed by atoms with Gasteiger partial charge in [-0.25, -0.2) is 8.78 Å². The molecule has 0 aromatic heterocycles. The fourth-order valence-electron chi connectivity index (χ4n) is 0.992. The molecule has 0 aliphatic heterocycles. The van der Waals surface area contributed by atoms with Crippen molar-refractivity contribution < 1.29 is 18.7 Å². The first-order chi connectivity index (χ1) is 6.61. The van der Waals surface area contributed by atoms with Gasteiger partial charge in [0.2, 0.25) is 0 Å². The van der Waals surface area contributed by atoms with Crippen LogP contribution in [0, 0.1) is 11.6 Å². The summed E-state index contributed by atoms with van der Waals surface area (Å²) in [5.74, 6) is -2.84. The summed E-state index contributed by atoms with van der Waals surface area (Å²) in [5, 5.41) is 10.9. The maximum atomic E-state index is 13.2. The smallest absolute Gasteiger partial charge is 0.176 e. The van der Waals surface area contributed by atoms with E-state index in [2.05, 4.69) is 5.16 Å². The van der Waals surface area contributed by atoms with Gasteiger partial charge in [0.15, 0.2) is 17.5 Å². The van der Waals surface area contributed by atoms with Crippen molar-refractivity contribution >= 4 is 5.84 Å².